The first-order valence-electron chi connectivity index (χ1n) is 10.4. The van der Waals surface area contributed by atoms with Crippen molar-refractivity contribution < 1.29 is 13.9 Å². The SMILES string of the molecule is CCNC(=NCC(C)(C)c1ccc(F)cc1)N1CCC(OCCCOC)CC1. The molecule has 158 valence electrons. The predicted octanol–water partition coefficient (Wildman–Crippen LogP) is 3.59. The molecule has 0 spiro atoms. The van der Waals surface area contributed by atoms with Crippen LogP contribution in [0, 0.1) is 5.82 Å². The number of benzene rings is 1. The molecular formula is C22H36FN3O2. The van der Waals surface area contributed by atoms with E-state index in [1.54, 1.807) is 7.11 Å². The van der Waals surface area contributed by atoms with Crippen LogP contribution < -0.4 is 5.32 Å². The van der Waals surface area contributed by atoms with Gasteiger partial charge in [0.15, 0.2) is 5.96 Å². The topological polar surface area (TPSA) is 46.1 Å². The Bertz CT molecular complexity index is 596. The molecule has 1 aromatic rings. The number of nitrogens with one attached hydrogen (secondary N) is 1. The molecule has 28 heavy (non-hydrogen) atoms. The molecule has 0 saturated carbocycles. The highest BCUT2D eigenvalue weighted by Gasteiger charge is 2.24. The lowest BCUT2D eigenvalue weighted by Crippen LogP contribution is -2.47. The summed E-state index contributed by atoms with van der Waals surface area (Å²) in [6.45, 7) is 11.3. The second kappa shape index (κ2) is 11.4. The summed E-state index contributed by atoms with van der Waals surface area (Å²) in [4.78, 5) is 7.22. The zero-order valence-corrected chi connectivity index (χ0v) is 17.8. The van der Waals surface area contributed by atoms with Crippen LogP contribution in [0.2, 0.25) is 0 Å². The maximum Gasteiger partial charge on any atom is 0.193 e. The van der Waals surface area contributed by atoms with Gasteiger partial charge in [0, 0.05) is 45.4 Å². The van der Waals surface area contributed by atoms with E-state index in [1.165, 1.54) is 12.1 Å². The van der Waals surface area contributed by atoms with E-state index in [9.17, 15) is 4.39 Å². The average molecular weight is 394 g/mol. The second-order valence-corrected chi connectivity index (χ2v) is 7.96. The summed E-state index contributed by atoms with van der Waals surface area (Å²) in [5.41, 5.74) is 0.939. The summed E-state index contributed by atoms with van der Waals surface area (Å²) in [7, 11) is 1.72. The van der Waals surface area contributed by atoms with Crippen molar-refractivity contribution in [1.82, 2.24) is 10.2 Å². The molecule has 0 unspecified atom stereocenters. The van der Waals surface area contributed by atoms with Gasteiger partial charge in [-0.25, -0.2) is 4.39 Å². The first kappa shape index (κ1) is 22.6. The van der Waals surface area contributed by atoms with Gasteiger partial charge in [-0.3, -0.25) is 4.99 Å². The smallest absolute Gasteiger partial charge is 0.193 e. The summed E-state index contributed by atoms with van der Waals surface area (Å²) in [6.07, 6.45) is 3.29. The quantitative estimate of drug-likeness (QED) is 0.396. The lowest BCUT2D eigenvalue weighted by molar-refractivity contribution is 0.00989. The van der Waals surface area contributed by atoms with Gasteiger partial charge >= 0.3 is 0 Å². The monoisotopic (exact) mass is 393 g/mol. The van der Waals surface area contributed by atoms with E-state index >= 15 is 0 Å². The van der Waals surface area contributed by atoms with Crippen LogP contribution in [-0.2, 0) is 14.9 Å². The first-order valence-corrected chi connectivity index (χ1v) is 10.4. The van der Waals surface area contributed by atoms with Gasteiger partial charge < -0.3 is 19.7 Å². The molecule has 0 amide bonds. The fourth-order valence-electron chi connectivity index (χ4n) is 3.38. The fourth-order valence-corrected chi connectivity index (χ4v) is 3.38. The van der Waals surface area contributed by atoms with Crippen molar-refractivity contribution in [3.8, 4) is 0 Å². The van der Waals surface area contributed by atoms with Crippen LogP contribution in [0.3, 0.4) is 0 Å². The Balaban J connectivity index is 1.91. The number of hydrogen-bond donors (Lipinski definition) is 1. The number of halogens is 1. The molecule has 1 fully saturated rings. The van der Waals surface area contributed by atoms with Gasteiger partial charge in [-0.15, -0.1) is 0 Å². The van der Waals surface area contributed by atoms with Gasteiger partial charge in [0.2, 0.25) is 0 Å². The van der Waals surface area contributed by atoms with Crippen LogP contribution >= 0.6 is 0 Å². The second-order valence-electron chi connectivity index (χ2n) is 7.96. The lowest BCUT2D eigenvalue weighted by Gasteiger charge is -2.35. The van der Waals surface area contributed by atoms with E-state index in [4.69, 9.17) is 14.5 Å². The minimum Gasteiger partial charge on any atom is -0.385 e. The van der Waals surface area contributed by atoms with Crippen LogP contribution in [0.5, 0.6) is 0 Å². The highest BCUT2D eigenvalue weighted by Crippen LogP contribution is 2.24. The zero-order chi connectivity index (χ0) is 20.4. The summed E-state index contributed by atoms with van der Waals surface area (Å²) >= 11 is 0. The van der Waals surface area contributed by atoms with Crippen molar-refractivity contribution in [2.45, 2.75) is 51.6 Å². The van der Waals surface area contributed by atoms with E-state index < -0.39 is 0 Å². The lowest BCUT2D eigenvalue weighted by atomic mass is 9.85. The van der Waals surface area contributed by atoms with Crippen molar-refractivity contribution in [3.05, 3.63) is 35.6 Å². The number of piperidine rings is 1. The highest BCUT2D eigenvalue weighted by molar-refractivity contribution is 5.80. The number of methoxy groups -OCH3 is 1. The highest BCUT2D eigenvalue weighted by atomic mass is 19.1. The number of ether oxygens (including phenoxy) is 2. The van der Waals surface area contributed by atoms with Crippen LogP contribution in [0.1, 0.15) is 45.6 Å². The minimum atomic E-state index is -0.205. The maximum absolute atomic E-state index is 13.2. The van der Waals surface area contributed by atoms with E-state index in [-0.39, 0.29) is 11.2 Å². The van der Waals surface area contributed by atoms with Crippen molar-refractivity contribution in [1.29, 1.82) is 0 Å². The van der Waals surface area contributed by atoms with Crippen molar-refractivity contribution >= 4 is 5.96 Å². The molecule has 1 aromatic carbocycles. The molecular weight excluding hydrogens is 357 g/mol. The molecule has 1 N–H and O–H groups in total. The Labute approximate surface area is 169 Å². The number of aliphatic imine (C=N–C) groups is 1. The number of rotatable bonds is 9. The van der Waals surface area contributed by atoms with Gasteiger partial charge in [0.1, 0.15) is 5.82 Å². The molecule has 1 heterocycles. The third kappa shape index (κ3) is 7.06. The van der Waals surface area contributed by atoms with Crippen LogP contribution in [0.15, 0.2) is 29.3 Å². The normalized spacial score (nSPS) is 16.5. The molecule has 1 aliphatic rings. The third-order valence-electron chi connectivity index (χ3n) is 5.17. The van der Waals surface area contributed by atoms with Gasteiger partial charge in [-0.05, 0) is 43.9 Å². The minimum absolute atomic E-state index is 0.156. The Morgan fingerprint density at radius 2 is 1.89 bits per heavy atom. The molecule has 0 bridgehead atoms. The standard InChI is InChI=1S/C22H36FN3O2/c1-5-24-21(25-17-22(2,3)18-7-9-19(23)10-8-18)26-13-11-20(12-14-26)28-16-6-15-27-4/h7-10,20H,5-6,11-17H2,1-4H3,(H,24,25). The Hall–Kier alpha value is -1.66. The van der Waals surface area contributed by atoms with Gasteiger partial charge in [-0.2, -0.15) is 0 Å². The van der Waals surface area contributed by atoms with Crippen LogP contribution in [0.4, 0.5) is 4.39 Å². The molecule has 6 heteroatoms. The summed E-state index contributed by atoms with van der Waals surface area (Å²) in [5, 5.41) is 3.42. The number of likely N-dealkylation sites (tertiary alicyclic amines) is 1. The Kier molecular flexibility index (Phi) is 9.19. The summed E-state index contributed by atoms with van der Waals surface area (Å²) < 4.78 is 24.2. The van der Waals surface area contributed by atoms with E-state index in [0.717, 1.165) is 63.6 Å². The molecule has 0 aromatic heterocycles. The average Bonchev–Trinajstić information content (AvgIpc) is 2.69. The number of nitrogens with zero attached hydrogens (tertiary/aromatic N) is 2. The van der Waals surface area contributed by atoms with Crippen LogP contribution in [0.25, 0.3) is 0 Å². The molecule has 5 nitrogen and oxygen atoms in total. The van der Waals surface area contributed by atoms with E-state index in [0.29, 0.717) is 12.6 Å². The molecule has 0 atom stereocenters. The third-order valence-corrected chi connectivity index (χ3v) is 5.17. The van der Waals surface area contributed by atoms with Gasteiger partial charge in [0.05, 0.1) is 12.6 Å². The van der Waals surface area contributed by atoms with Crippen molar-refractivity contribution in [3.63, 3.8) is 0 Å². The summed E-state index contributed by atoms with van der Waals surface area (Å²) in [6, 6.07) is 6.74. The first-order chi connectivity index (χ1) is 13.5. The molecule has 0 aliphatic carbocycles. The van der Waals surface area contributed by atoms with Crippen LogP contribution in [-0.4, -0.2) is 63.5 Å². The molecule has 2 rings (SSSR count). The Morgan fingerprint density at radius 1 is 1.21 bits per heavy atom. The Morgan fingerprint density at radius 3 is 2.50 bits per heavy atom. The molecule has 1 aliphatic heterocycles. The molecule has 1 saturated heterocycles. The summed E-state index contributed by atoms with van der Waals surface area (Å²) in [5.74, 6) is 0.749. The maximum atomic E-state index is 13.2. The van der Waals surface area contributed by atoms with Crippen molar-refractivity contribution in [2.24, 2.45) is 4.99 Å². The van der Waals surface area contributed by atoms with Crippen molar-refractivity contribution in [2.75, 3.05) is 46.5 Å². The zero-order valence-electron chi connectivity index (χ0n) is 17.8. The number of hydrogen-bond acceptors (Lipinski definition) is 3. The molecule has 0 radical (unpaired) electrons. The number of guanidine groups is 1. The van der Waals surface area contributed by atoms with E-state index in [2.05, 4.69) is 31.0 Å². The van der Waals surface area contributed by atoms with E-state index in [1.807, 2.05) is 12.1 Å². The fraction of sp³-hybridized carbons (Fsp3) is 0.682. The largest absolute Gasteiger partial charge is 0.385 e. The predicted molar refractivity (Wildman–Crippen MR) is 112 cm³/mol. The van der Waals surface area contributed by atoms with Gasteiger partial charge in [0.25, 0.3) is 0 Å². The van der Waals surface area contributed by atoms with Gasteiger partial charge in [-0.1, -0.05) is 26.0 Å².